The van der Waals surface area contributed by atoms with Gasteiger partial charge in [0.15, 0.2) is 0 Å². The molecule has 0 spiro atoms. The zero-order valence-electron chi connectivity index (χ0n) is 16.3. The molecular weight excluding hydrogens is 348 g/mol. The Kier molecular flexibility index (Phi) is 5.51. The standard InChI is InChI=1S/C23H26N4O/c1-26(17-19-11-7-8-14-24-19)23(28)20-12-5-6-13-21(20)27-16-15-25-22(27)18-9-3-2-4-10-18/h5-8,11-16,18H,2-4,9-10,17H2,1H3. The number of carbonyl (C=O) groups excluding carboxylic acids is 1. The first-order valence-electron chi connectivity index (χ1n) is 10.0. The fraction of sp³-hybridized carbons (Fsp3) is 0.348. The third-order valence-electron chi connectivity index (χ3n) is 5.51. The Bertz CT molecular complexity index is 929. The first kappa shape index (κ1) is 18.4. The molecule has 2 heterocycles. The van der Waals surface area contributed by atoms with Gasteiger partial charge in [-0.25, -0.2) is 4.98 Å². The second kappa shape index (κ2) is 8.38. The molecule has 2 aromatic heterocycles. The van der Waals surface area contributed by atoms with Gasteiger partial charge < -0.3 is 9.47 Å². The molecule has 0 aliphatic heterocycles. The molecule has 0 saturated heterocycles. The van der Waals surface area contributed by atoms with Crippen LogP contribution >= 0.6 is 0 Å². The fourth-order valence-electron chi connectivity index (χ4n) is 4.06. The molecule has 144 valence electrons. The Labute approximate surface area is 166 Å². The summed E-state index contributed by atoms with van der Waals surface area (Å²) in [4.78, 5) is 23.9. The van der Waals surface area contributed by atoms with Gasteiger partial charge in [0.2, 0.25) is 0 Å². The van der Waals surface area contributed by atoms with Crippen molar-refractivity contribution < 1.29 is 4.79 Å². The van der Waals surface area contributed by atoms with Gasteiger partial charge in [-0.2, -0.15) is 0 Å². The molecule has 1 fully saturated rings. The molecule has 0 atom stereocenters. The lowest BCUT2D eigenvalue weighted by molar-refractivity contribution is 0.0783. The SMILES string of the molecule is CN(Cc1ccccn1)C(=O)c1ccccc1-n1ccnc1C1CCCCC1. The number of aromatic nitrogens is 3. The van der Waals surface area contributed by atoms with Crippen molar-refractivity contribution in [3.63, 3.8) is 0 Å². The molecule has 0 unspecified atom stereocenters. The number of benzene rings is 1. The van der Waals surface area contributed by atoms with E-state index >= 15 is 0 Å². The lowest BCUT2D eigenvalue weighted by Gasteiger charge is -2.24. The molecule has 0 radical (unpaired) electrons. The van der Waals surface area contributed by atoms with Crippen LogP contribution in [0.3, 0.4) is 0 Å². The second-order valence-corrected chi connectivity index (χ2v) is 7.49. The first-order chi connectivity index (χ1) is 13.7. The molecule has 5 nitrogen and oxygen atoms in total. The van der Waals surface area contributed by atoms with E-state index in [4.69, 9.17) is 0 Å². The van der Waals surface area contributed by atoms with Gasteiger partial charge in [0, 0.05) is 31.6 Å². The normalized spacial score (nSPS) is 14.8. The smallest absolute Gasteiger partial charge is 0.256 e. The summed E-state index contributed by atoms with van der Waals surface area (Å²) >= 11 is 0. The minimum Gasteiger partial charge on any atom is -0.336 e. The van der Waals surface area contributed by atoms with Crippen LogP contribution in [0.4, 0.5) is 0 Å². The number of pyridine rings is 1. The van der Waals surface area contributed by atoms with Gasteiger partial charge >= 0.3 is 0 Å². The maximum absolute atomic E-state index is 13.2. The first-order valence-corrected chi connectivity index (χ1v) is 10.0. The summed E-state index contributed by atoms with van der Waals surface area (Å²) in [5.41, 5.74) is 2.47. The molecule has 1 aliphatic rings. The summed E-state index contributed by atoms with van der Waals surface area (Å²) in [7, 11) is 1.82. The zero-order chi connectivity index (χ0) is 19.3. The number of nitrogens with zero attached hydrogens (tertiary/aromatic N) is 4. The minimum atomic E-state index is -0.00968. The van der Waals surface area contributed by atoms with Crippen LogP contribution in [0.15, 0.2) is 61.1 Å². The Morgan fingerprint density at radius 1 is 1.04 bits per heavy atom. The molecule has 0 N–H and O–H groups in total. The summed E-state index contributed by atoms with van der Waals surface area (Å²) in [5.74, 6) is 1.54. The van der Waals surface area contributed by atoms with Crippen molar-refractivity contribution in [1.29, 1.82) is 0 Å². The maximum atomic E-state index is 13.2. The van der Waals surface area contributed by atoms with Crippen LogP contribution < -0.4 is 0 Å². The van der Waals surface area contributed by atoms with E-state index < -0.39 is 0 Å². The molecule has 0 bridgehead atoms. The van der Waals surface area contributed by atoms with Crippen LogP contribution in [-0.4, -0.2) is 32.4 Å². The predicted octanol–water partition coefficient (Wildman–Crippen LogP) is 4.59. The number of carbonyl (C=O) groups is 1. The van der Waals surface area contributed by atoms with Crippen molar-refractivity contribution in [2.45, 2.75) is 44.6 Å². The van der Waals surface area contributed by atoms with Gasteiger partial charge in [-0.15, -0.1) is 0 Å². The van der Waals surface area contributed by atoms with Crippen molar-refractivity contribution >= 4 is 5.91 Å². The molecule has 1 amide bonds. The maximum Gasteiger partial charge on any atom is 0.256 e. The van der Waals surface area contributed by atoms with Gasteiger partial charge in [-0.1, -0.05) is 37.5 Å². The topological polar surface area (TPSA) is 51.0 Å². The third-order valence-corrected chi connectivity index (χ3v) is 5.51. The summed E-state index contributed by atoms with van der Waals surface area (Å²) < 4.78 is 2.11. The van der Waals surface area contributed by atoms with Crippen molar-refractivity contribution in [2.75, 3.05) is 7.05 Å². The van der Waals surface area contributed by atoms with Crippen LogP contribution in [0, 0.1) is 0 Å². The third kappa shape index (κ3) is 3.84. The van der Waals surface area contributed by atoms with Gasteiger partial charge in [-0.05, 0) is 37.1 Å². The average Bonchev–Trinajstić information content (AvgIpc) is 3.24. The number of para-hydroxylation sites is 1. The van der Waals surface area contributed by atoms with Crippen molar-refractivity contribution in [3.05, 3.63) is 78.1 Å². The zero-order valence-corrected chi connectivity index (χ0v) is 16.3. The lowest BCUT2D eigenvalue weighted by Crippen LogP contribution is -2.28. The van der Waals surface area contributed by atoms with Gasteiger partial charge in [-0.3, -0.25) is 9.78 Å². The highest BCUT2D eigenvalue weighted by Gasteiger charge is 2.23. The van der Waals surface area contributed by atoms with Gasteiger partial charge in [0.1, 0.15) is 5.82 Å². The van der Waals surface area contributed by atoms with Gasteiger partial charge in [0.05, 0.1) is 23.5 Å². The summed E-state index contributed by atoms with van der Waals surface area (Å²) in [6, 6.07) is 13.6. The molecule has 1 saturated carbocycles. The fourth-order valence-corrected chi connectivity index (χ4v) is 4.06. The molecule has 3 aromatic rings. The van der Waals surface area contributed by atoms with E-state index in [-0.39, 0.29) is 5.91 Å². The highest BCUT2D eigenvalue weighted by atomic mass is 16.2. The molecule has 4 rings (SSSR count). The summed E-state index contributed by atoms with van der Waals surface area (Å²) in [6.07, 6.45) is 11.8. The number of imidazole rings is 1. The second-order valence-electron chi connectivity index (χ2n) is 7.49. The van der Waals surface area contributed by atoms with E-state index in [0.29, 0.717) is 18.0 Å². The number of hydrogen-bond acceptors (Lipinski definition) is 3. The Hall–Kier alpha value is -2.95. The number of amides is 1. The van der Waals surface area contributed by atoms with Gasteiger partial charge in [0.25, 0.3) is 5.91 Å². The molecular formula is C23H26N4O. The Morgan fingerprint density at radius 3 is 2.61 bits per heavy atom. The minimum absolute atomic E-state index is 0.00968. The highest BCUT2D eigenvalue weighted by Crippen LogP contribution is 2.33. The molecule has 1 aromatic carbocycles. The van der Waals surface area contributed by atoms with Crippen LogP contribution in [0.25, 0.3) is 5.69 Å². The summed E-state index contributed by atoms with van der Waals surface area (Å²) in [5, 5.41) is 0. The average molecular weight is 374 g/mol. The Balaban J connectivity index is 1.63. The largest absolute Gasteiger partial charge is 0.336 e. The van der Waals surface area contributed by atoms with Crippen LogP contribution in [0.5, 0.6) is 0 Å². The van der Waals surface area contributed by atoms with E-state index in [9.17, 15) is 4.79 Å². The van der Waals surface area contributed by atoms with E-state index in [1.165, 1.54) is 32.1 Å². The van der Waals surface area contributed by atoms with Crippen LogP contribution in [0.2, 0.25) is 0 Å². The summed E-state index contributed by atoms with van der Waals surface area (Å²) in [6.45, 7) is 0.480. The molecule has 28 heavy (non-hydrogen) atoms. The van der Waals surface area contributed by atoms with E-state index in [1.54, 1.807) is 11.1 Å². The van der Waals surface area contributed by atoms with Crippen LogP contribution in [0.1, 0.15) is 59.9 Å². The quantitative estimate of drug-likeness (QED) is 0.656. The number of hydrogen-bond donors (Lipinski definition) is 0. The molecule has 1 aliphatic carbocycles. The van der Waals surface area contributed by atoms with E-state index in [0.717, 1.165) is 17.2 Å². The molecule has 5 heteroatoms. The highest BCUT2D eigenvalue weighted by molar-refractivity contribution is 5.97. The van der Waals surface area contributed by atoms with Crippen LogP contribution in [-0.2, 0) is 6.54 Å². The Morgan fingerprint density at radius 2 is 1.82 bits per heavy atom. The van der Waals surface area contributed by atoms with Crippen molar-refractivity contribution in [1.82, 2.24) is 19.4 Å². The van der Waals surface area contributed by atoms with E-state index in [1.807, 2.05) is 61.9 Å². The van der Waals surface area contributed by atoms with Crippen molar-refractivity contribution in [2.24, 2.45) is 0 Å². The predicted molar refractivity (Wildman–Crippen MR) is 109 cm³/mol. The lowest BCUT2D eigenvalue weighted by atomic mass is 9.88. The van der Waals surface area contributed by atoms with E-state index in [2.05, 4.69) is 14.5 Å². The number of rotatable bonds is 5. The van der Waals surface area contributed by atoms with Crippen molar-refractivity contribution in [3.8, 4) is 5.69 Å². The monoisotopic (exact) mass is 374 g/mol.